The first-order chi connectivity index (χ1) is 13.3. The summed E-state index contributed by atoms with van der Waals surface area (Å²) in [5.74, 6) is 3.32. The largest absolute Gasteiger partial charge is 0.378 e. The lowest BCUT2D eigenvalue weighted by molar-refractivity contribution is 0.122. The summed E-state index contributed by atoms with van der Waals surface area (Å²) in [4.78, 5) is 11.7. The number of hydrogen-bond donors (Lipinski definition) is 2. The highest BCUT2D eigenvalue weighted by Crippen LogP contribution is 2.26. The summed E-state index contributed by atoms with van der Waals surface area (Å²) in [6, 6.07) is 14.3. The first kappa shape index (κ1) is 17.8. The van der Waals surface area contributed by atoms with Crippen molar-refractivity contribution in [3.8, 4) is 0 Å². The third-order valence-electron chi connectivity index (χ3n) is 4.21. The molecular formula is C19H22N6OS. The lowest BCUT2D eigenvalue weighted by Crippen LogP contribution is -2.36. The first-order valence-corrected chi connectivity index (χ1v) is 9.92. The number of nitrogens with zero attached hydrogens (tertiary/aromatic N) is 4. The highest BCUT2D eigenvalue weighted by atomic mass is 32.2. The minimum absolute atomic E-state index is 0.721. The summed E-state index contributed by atoms with van der Waals surface area (Å²) in [5.41, 5.74) is 2.18. The van der Waals surface area contributed by atoms with Crippen LogP contribution in [0.25, 0.3) is 0 Å². The van der Waals surface area contributed by atoms with Crippen molar-refractivity contribution < 1.29 is 4.74 Å². The fourth-order valence-corrected chi connectivity index (χ4v) is 3.65. The topological polar surface area (TPSA) is 79.0 Å². The van der Waals surface area contributed by atoms with E-state index in [0.717, 1.165) is 60.4 Å². The molecule has 0 radical (unpaired) electrons. The van der Waals surface area contributed by atoms with E-state index in [1.54, 1.807) is 11.8 Å². The SMILES string of the molecule is Cc1cc(Nc2cc(N3CCOCC3)nc(SCc3ccccc3)n2)[nH]n1. The van der Waals surface area contributed by atoms with Crippen molar-refractivity contribution >= 4 is 29.2 Å². The quantitative estimate of drug-likeness (QED) is 0.500. The van der Waals surface area contributed by atoms with Crippen molar-refractivity contribution in [2.75, 3.05) is 36.5 Å². The summed E-state index contributed by atoms with van der Waals surface area (Å²) in [6.07, 6.45) is 0. The van der Waals surface area contributed by atoms with Crippen LogP contribution in [0.1, 0.15) is 11.3 Å². The Labute approximate surface area is 162 Å². The third kappa shape index (κ3) is 4.78. The Morgan fingerprint density at radius 2 is 1.96 bits per heavy atom. The fraction of sp³-hybridized carbons (Fsp3) is 0.316. The van der Waals surface area contributed by atoms with E-state index >= 15 is 0 Å². The Bertz CT molecular complexity index is 879. The van der Waals surface area contributed by atoms with Gasteiger partial charge in [-0.05, 0) is 12.5 Å². The maximum absolute atomic E-state index is 5.47. The number of H-pyrrole nitrogens is 1. The van der Waals surface area contributed by atoms with Crippen LogP contribution in [-0.4, -0.2) is 46.5 Å². The zero-order valence-electron chi connectivity index (χ0n) is 15.2. The molecular weight excluding hydrogens is 360 g/mol. The zero-order valence-corrected chi connectivity index (χ0v) is 16.0. The third-order valence-corrected chi connectivity index (χ3v) is 5.13. The van der Waals surface area contributed by atoms with E-state index < -0.39 is 0 Å². The molecule has 0 bridgehead atoms. The molecule has 4 rings (SSSR count). The second-order valence-electron chi connectivity index (χ2n) is 6.32. The molecule has 0 amide bonds. The van der Waals surface area contributed by atoms with Gasteiger partial charge in [0.2, 0.25) is 0 Å². The Kier molecular flexibility index (Phi) is 5.55. The Balaban J connectivity index is 1.57. The van der Waals surface area contributed by atoms with Gasteiger partial charge in [-0.3, -0.25) is 5.10 Å². The van der Waals surface area contributed by atoms with Crippen LogP contribution >= 0.6 is 11.8 Å². The lowest BCUT2D eigenvalue weighted by Gasteiger charge is -2.28. The highest BCUT2D eigenvalue weighted by Gasteiger charge is 2.16. The summed E-state index contributed by atoms with van der Waals surface area (Å²) < 4.78 is 5.47. The van der Waals surface area contributed by atoms with Crippen LogP contribution in [0.3, 0.4) is 0 Å². The molecule has 0 saturated carbocycles. The molecule has 1 fully saturated rings. The normalized spacial score (nSPS) is 14.3. The number of ether oxygens (including phenoxy) is 1. The second-order valence-corrected chi connectivity index (χ2v) is 7.26. The first-order valence-electron chi connectivity index (χ1n) is 8.94. The van der Waals surface area contributed by atoms with E-state index in [-0.39, 0.29) is 0 Å². The molecule has 2 aromatic heterocycles. The van der Waals surface area contributed by atoms with Gasteiger partial charge < -0.3 is 15.0 Å². The molecule has 0 atom stereocenters. The van der Waals surface area contributed by atoms with E-state index in [1.165, 1.54) is 5.56 Å². The van der Waals surface area contributed by atoms with Crippen LogP contribution in [0.15, 0.2) is 47.6 Å². The summed E-state index contributed by atoms with van der Waals surface area (Å²) in [5, 5.41) is 11.2. The average molecular weight is 382 g/mol. The molecule has 1 saturated heterocycles. The molecule has 1 aliphatic heterocycles. The Hall–Kier alpha value is -2.58. The van der Waals surface area contributed by atoms with Crippen molar-refractivity contribution in [1.82, 2.24) is 20.2 Å². The van der Waals surface area contributed by atoms with Crippen LogP contribution in [0.5, 0.6) is 0 Å². The van der Waals surface area contributed by atoms with Gasteiger partial charge in [0.05, 0.1) is 18.9 Å². The molecule has 1 aliphatic rings. The smallest absolute Gasteiger partial charge is 0.191 e. The number of aromatic amines is 1. The minimum atomic E-state index is 0.721. The molecule has 140 valence electrons. The van der Waals surface area contributed by atoms with E-state index in [4.69, 9.17) is 9.72 Å². The molecule has 0 unspecified atom stereocenters. The van der Waals surface area contributed by atoms with Gasteiger partial charge in [0, 0.05) is 31.0 Å². The van der Waals surface area contributed by atoms with Crippen molar-refractivity contribution in [2.24, 2.45) is 0 Å². The summed E-state index contributed by atoms with van der Waals surface area (Å²) in [7, 11) is 0. The van der Waals surface area contributed by atoms with E-state index in [1.807, 2.05) is 25.1 Å². The van der Waals surface area contributed by atoms with Crippen LogP contribution in [0.2, 0.25) is 0 Å². The predicted molar refractivity (Wildman–Crippen MR) is 108 cm³/mol. The number of aryl methyl sites for hydroxylation is 1. The monoisotopic (exact) mass is 382 g/mol. The molecule has 3 aromatic rings. The minimum Gasteiger partial charge on any atom is -0.378 e. The van der Waals surface area contributed by atoms with Crippen molar-refractivity contribution in [3.63, 3.8) is 0 Å². The number of hydrogen-bond acceptors (Lipinski definition) is 7. The van der Waals surface area contributed by atoms with E-state index in [0.29, 0.717) is 0 Å². The number of thioether (sulfide) groups is 1. The van der Waals surface area contributed by atoms with E-state index in [2.05, 4.69) is 49.7 Å². The number of nitrogens with one attached hydrogen (secondary N) is 2. The second kappa shape index (κ2) is 8.41. The standard InChI is InChI=1S/C19H22N6OS/c1-14-11-17(24-23-14)20-16-12-18(25-7-9-26-10-8-25)22-19(21-16)27-13-15-5-3-2-4-6-15/h2-6,11-12H,7-10,13H2,1H3,(H2,20,21,22,23,24). The average Bonchev–Trinajstić information content (AvgIpc) is 3.12. The number of rotatable bonds is 6. The Morgan fingerprint density at radius 1 is 1.15 bits per heavy atom. The molecule has 1 aromatic carbocycles. The number of benzene rings is 1. The summed E-state index contributed by atoms with van der Waals surface area (Å²) in [6.45, 7) is 5.06. The van der Waals surface area contributed by atoms with Crippen molar-refractivity contribution in [2.45, 2.75) is 17.8 Å². The fourth-order valence-electron chi connectivity index (χ4n) is 2.84. The number of aromatic nitrogens is 4. The molecule has 7 nitrogen and oxygen atoms in total. The highest BCUT2D eigenvalue weighted by molar-refractivity contribution is 7.98. The Morgan fingerprint density at radius 3 is 2.70 bits per heavy atom. The molecule has 0 spiro atoms. The van der Waals surface area contributed by atoms with Gasteiger partial charge in [-0.1, -0.05) is 42.1 Å². The summed E-state index contributed by atoms with van der Waals surface area (Å²) >= 11 is 1.64. The van der Waals surface area contributed by atoms with Gasteiger partial charge in [0.15, 0.2) is 5.16 Å². The van der Waals surface area contributed by atoms with Crippen LogP contribution in [0.4, 0.5) is 17.5 Å². The molecule has 3 heterocycles. The van der Waals surface area contributed by atoms with Gasteiger partial charge in [0.1, 0.15) is 17.5 Å². The van der Waals surface area contributed by atoms with Gasteiger partial charge in [-0.25, -0.2) is 9.97 Å². The van der Waals surface area contributed by atoms with Gasteiger partial charge in [-0.2, -0.15) is 5.10 Å². The number of anilines is 3. The van der Waals surface area contributed by atoms with Gasteiger partial charge in [0.25, 0.3) is 0 Å². The van der Waals surface area contributed by atoms with Gasteiger partial charge >= 0.3 is 0 Å². The van der Waals surface area contributed by atoms with Crippen LogP contribution in [0, 0.1) is 6.92 Å². The lowest BCUT2D eigenvalue weighted by atomic mass is 10.2. The van der Waals surface area contributed by atoms with Crippen LogP contribution < -0.4 is 10.2 Å². The molecule has 27 heavy (non-hydrogen) atoms. The van der Waals surface area contributed by atoms with E-state index in [9.17, 15) is 0 Å². The maximum atomic E-state index is 5.47. The maximum Gasteiger partial charge on any atom is 0.191 e. The molecule has 2 N–H and O–H groups in total. The number of morpholine rings is 1. The van der Waals surface area contributed by atoms with Crippen molar-refractivity contribution in [3.05, 3.63) is 53.7 Å². The molecule has 0 aliphatic carbocycles. The molecule has 8 heteroatoms. The predicted octanol–water partition coefficient (Wildman–Crippen LogP) is 3.38. The zero-order chi connectivity index (χ0) is 18.5. The van der Waals surface area contributed by atoms with Crippen LogP contribution in [-0.2, 0) is 10.5 Å². The van der Waals surface area contributed by atoms with Crippen molar-refractivity contribution in [1.29, 1.82) is 0 Å². The van der Waals surface area contributed by atoms with Gasteiger partial charge in [-0.15, -0.1) is 0 Å².